The van der Waals surface area contributed by atoms with Crippen molar-refractivity contribution in [3.8, 4) is 0 Å². The molecule has 0 bridgehead atoms. The van der Waals surface area contributed by atoms with Crippen LogP contribution in [0.2, 0.25) is 0 Å². The first-order chi connectivity index (χ1) is 12.0. The number of benzene rings is 2. The fourth-order valence-electron chi connectivity index (χ4n) is 2.43. The van der Waals surface area contributed by atoms with Crippen molar-refractivity contribution in [1.82, 2.24) is 0 Å². The molecule has 0 radical (unpaired) electrons. The lowest BCUT2D eigenvalue weighted by Gasteiger charge is -2.19. The Morgan fingerprint density at radius 2 is 1.19 bits per heavy atom. The summed E-state index contributed by atoms with van der Waals surface area (Å²) in [4.78, 5) is 0. The zero-order valence-electron chi connectivity index (χ0n) is 17.1. The van der Waals surface area contributed by atoms with Gasteiger partial charge in [-0.1, -0.05) is 103 Å². The molecular formula is C24H34O2. The van der Waals surface area contributed by atoms with E-state index in [1.54, 1.807) is 0 Å². The van der Waals surface area contributed by atoms with Gasteiger partial charge in [-0.3, -0.25) is 0 Å². The van der Waals surface area contributed by atoms with Crippen molar-refractivity contribution in [2.75, 3.05) is 6.61 Å². The first-order valence-corrected chi connectivity index (χ1v) is 9.11. The molecule has 0 saturated heterocycles. The predicted octanol–water partition coefficient (Wildman–Crippen LogP) is 5.64. The van der Waals surface area contributed by atoms with E-state index in [1.807, 2.05) is 30.3 Å². The van der Waals surface area contributed by atoms with Gasteiger partial charge in [-0.25, -0.2) is 0 Å². The van der Waals surface area contributed by atoms with Gasteiger partial charge in [-0.05, 0) is 33.1 Å². The molecule has 2 aromatic carbocycles. The van der Waals surface area contributed by atoms with Crippen LogP contribution in [0.3, 0.4) is 0 Å². The van der Waals surface area contributed by atoms with Crippen LogP contribution in [0.5, 0.6) is 0 Å². The van der Waals surface area contributed by atoms with Crippen molar-refractivity contribution >= 4 is 6.08 Å². The summed E-state index contributed by atoms with van der Waals surface area (Å²) in [5, 5.41) is 18.1. The molecule has 2 aromatic rings. The zero-order chi connectivity index (χ0) is 20.0. The molecule has 1 unspecified atom stereocenters. The molecular weight excluding hydrogens is 320 g/mol. The second-order valence-electron chi connectivity index (χ2n) is 8.65. The second-order valence-corrected chi connectivity index (χ2v) is 8.65. The third-order valence-electron chi connectivity index (χ3n) is 4.35. The van der Waals surface area contributed by atoms with E-state index in [0.717, 1.165) is 5.56 Å². The van der Waals surface area contributed by atoms with Crippen LogP contribution in [-0.2, 0) is 10.8 Å². The summed E-state index contributed by atoms with van der Waals surface area (Å²) in [5.74, 6) is 0. The molecule has 0 aliphatic carbocycles. The molecule has 0 aliphatic rings. The summed E-state index contributed by atoms with van der Waals surface area (Å²) >= 11 is 0. The third-order valence-corrected chi connectivity index (χ3v) is 4.35. The van der Waals surface area contributed by atoms with E-state index in [-0.39, 0.29) is 17.4 Å². The van der Waals surface area contributed by atoms with Crippen LogP contribution in [0.25, 0.3) is 6.08 Å². The van der Waals surface area contributed by atoms with Crippen LogP contribution in [-0.4, -0.2) is 16.8 Å². The van der Waals surface area contributed by atoms with Gasteiger partial charge in [-0.2, -0.15) is 0 Å². The lowest BCUT2D eigenvalue weighted by atomic mass is 9.86. The van der Waals surface area contributed by atoms with Gasteiger partial charge in [0.05, 0.1) is 6.61 Å². The Morgan fingerprint density at radius 3 is 1.50 bits per heavy atom. The average molecular weight is 355 g/mol. The van der Waals surface area contributed by atoms with Crippen molar-refractivity contribution in [3.05, 3.63) is 77.4 Å². The molecule has 0 aromatic heterocycles. The SMILES string of the molecule is C=Cc1ccc(C(C)(C)C)cc1.CC(C)(C)c1ccc(C(O)CO)cc1. The third kappa shape index (κ3) is 6.78. The van der Waals surface area contributed by atoms with Gasteiger partial charge in [0, 0.05) is 0 Å². The Bertz CT molecular complexity index is 668. The lowest BCUT2D eigenvalue weighted by molar-refractivity contribution is 0.0956. The lowest BCUT2D eigenvalue weighted by Crippen LogP contribution is -2.11. The van der Waals surface area contributed by atoms with Crippen molar-refractivity contribution in [2.45, 2.75) is 58.5 Å². The van der Waals surface area contributed by atoms with Crippen molar-refractivity contribution in [1.29, 1.82) is 0 Å². The Morgan fingerprint density at radius 1 is 0.808 bits per heavy atom. The summed E-state index contributed by atoms with van der Waals surface area (Å²) in [6.45, 7) is 16.6. The monoisotopic (exact) mass is 354 g/mol. The highest BCUT2D eigenvalue weighted by Crippen LogP contribution is 2.24. The summed E-state index contributed by atoms with van der Waals surface area (Å²) < 4.78 is 0. The summed E-state index contributed by atoms with van der Waals surface area (Å²) in [7, 11) is 0. The van der Waals surface area contributed by atoms with E-state index in [1.165, 1.54) is 16.7 Å². The minimum Gasteiger partial charge on any atom is -0.393 e. The first-order valence-electron chi connectivity index (χ1n) is 9.11. The van der Waals surface area contributed by atoms with Crippen molar-refractivity contribution < 1.29 is 10.2 Å². The van der Waals surface area contributed by atoms with Gasteiger partial charge in [0.25, 0.3) is 0 Å². The van der Waals surface area contributed by atoms with Gasteiger partial charge in [0.1, 0.15) is 6.10 Å². The van der Waals surface area contributed by atoms with E-state index in [2.05, 4.69) is 72.4 Å². The van der Waals surface area contributed by atoms with Gasteiger partial charge < -0.3 is 10.2 Å². The quantitative estimate of drug-likeness (QED) is 0.749. The van der Waals surface area contributed by atoms with Crippen molar-refractivity contribution in [3.63, 3.8) is 0 Å². The number of hydrogen-bond donors (Lipinski definition) is 2. The summed E-state index contributed by atoms with van der Waals surface area (Å²) in [6.07, 6.45) is 1.11. The molecule has 0 spiro atoms. The van der Waals surface area contributed by atoms with E-state index in [4.69, 9.17) is 5.11 Å². The maximum absolute atomic E-state index is 9.37. The Kier molecular flexibility index (Phi) is 7.80. The minimum atomic E-state index is -0.760. The predicted molar refractivity (Wildman–Crippen MR) is 112 cm³/mol. The van der Waals surface area contributed by atoms with Crippen LogP contribution in [0.1, 0.15) is 69.9 Å². The highest BCUT2D eigenvalue weighted by atomic mass is 16.3. The fraction of sp³-hybridized carbons (Fsp3) is 0.417. The normalized spacial score (nSPS) is 12.8. The van der Waals surface area contributed by atoms with Gasteiger partial charge in [0.15, 0.2) is 0 Å². The maximum atomic E-state index is 9.37. The highest BCUT2D eigenvalue weighted by Gasteiger charge is 2.14. The summed E-state index contributed by atoms with van der Waals surface area (Å²) in [6, 6.07) is 16.3. The van der Waals surface area contributed by atoms with E-state index in [0.29, 0.717) is 0 Å². The van der Waals surface area contributed by atoms with E-state index >= 15 is 0 Å². The molecule has 1 atom stereocenters. The molecule has 0 amide bonds. The molecule has 2 N–H and O–H groups in total. The topological polar surface area (TPSA) is 40.5 Å². The Hall–Kier alpha value is -1.90. The number of hydrogen-bond acceptors (Lipinski definition) is 2. The largest absolute Gasteiger partial charge is 0.393 e. The van der Waals surface area contributed by atoms with E-state index < -0.39 is 6.10 Å². The standard InChI is InChI=1S/C12H18O2.C12H16/c1-12(2,3)10-6-4-9(5-7-10)11(14)8-13;1-5-10-6-8-11(9-7-10)12(2,3)4/h4-7,11,13-14H,8H2,1-3H3;5-9H,1H2,2-4H3. The van der Waals surface area contributed by atoms with Gasteiger partial charge in [0.2, 0.25) is 0 Å². The van der Waals surface area contributed by atoms with Crippen LogP contribution in [0.15, 0.2) is 55.1 Å². The van der Waals surface area contributed by atoms with Crippen LogP contribution >= 0.6 is 0 Å². The molecule has 2 rings (SSSR count). The van der Waals surface area contributed by atoms with Crippen LogP contribution in [0.4, 0.5) is 0 Å². The second kappa shape index (κ2) is 9.16. The van der Waals surface area contributed by atoms with Gasteiger partial charge in [-0.15, -0.1) is 0 Å². The molecule has 0 heterocycles. The molecule has 142 valence electrons. The fourth-order valence-corrected chi connectivity index (χ4v) is 2.43. The van der Waals surface area contributed by atoms with Crippen molar-refractivity contribution in [2.24, 2.45) is 0 Å². The maximum Gasteiger partial charge on any atom is 0.102 e. The molecule has 0 saturated carbocycles. The average Bonchev–Trinajstić information content (AvgIpc) is 2.60. The van der Waals surface area contributed by atoms with Crippen LogP contribution < -0.4 is 0 Å². The molecule has 0 aliphatic heterocycles. The Balaban J connectivity index is 0.000000263. The van der Waals surface area contributed by atoms with Crippen LogP contribution in [0, 0.1) is 0 Å². The zero-order valence-corrected chi connectivity index (χ0v) is 17.1. The molecule has 0 fully saturated rings. The molecule has 2 nitrogen and oxygen atoms in total. The Labute approximate surface area is 159 Å². The molecule has 2 heteroatoms. The van der Waals surface area contributed by atoms with Gasteiger partial charge >= 0.3 is 0 Å². The summed E-state index contributed by atoms with van der Waals surface area (Å²) in [5.41, 5.74) is 4.92. The smallest absolute Gasteiger partial charge is 0.102 e. The number of aliphatic hydroxyl groups is 2. The minimum absolute atomic E-state index is 0.128. The first kappa shape index (κ1) is 22.1. The molecule has 26 heavy (non-hydrogen) atoms. The van der Waals surface area contributed by atoms with E-state index in [9.17, 15) is 5.11 Å². The number of rotatable bonds is 3. The number of aliphatic hydroxyl groups excluding tert-OH is 2. The highest BCUT2D eigenvalue weighted by molar-refractivity contribution is 5.47.